The lowest BCUT2D eigenvalue weighted by atomic mass is 10.2. The molecule has 2 aromatic carbocycles. The summed E-state index contributed by atoms with van der Waals surface area (Å²) in [7, 11) is 1.87. The van der Waals surface area contributed by atoms with Gasteiger partial charge in [-0.1, -0.05) is 24.3 Å². The molecule has 0 saturated heterocycles. The van der Waals surface area contributed by atoms with Crippen LogP contribution in [0.25, 0.3) is 0 Å². The lowest BCUT2D eigenvalue weighted by Gasteiger charge is -2.16. The fourth-order valence-corrected chi connectivity index (χ4v) is 2.33. The van der Waals surface area contributed by atoms with Crippen LogP contribution in [0.5, 0.6) is 5.75 Å². The number of aryl methyl sites for hydroxylation is 1. The first-order valence-corrected chi connectivity index (χ1v) is 7.97. The molecule has 2 aromatic rings. The van der Waals surface area contributed by atoms with Crippen LogP contribution in [0.4, 0.5) is 10.1 Å². The number of anilines is 1. The van der Waals surface area contributed by atoms with Gasteiger partial charge in [-0.25, -0.2) is 4.39 Å². The second-order valence-electron chi connectivity index (χ2n) is 5.76. The largest absolute Gasteiger partial charge is 0.493 e. The SMILES string of the molecule is Cc1ccccc1OCCCN(C)CC(=O)Nc1cccc(F)c1. The van der Waals surface area contributed by atoms with Gasteiger partial charge in [0.25, 0.3) is 0 Å². The molecule has 0 spiro atoms. The van der Waals surface area contributed by atoms with E-state index in [9.17, 15) is 9.18 Å². The van der Waals surface area contributed by atoms with Gasteiger partial charge in [-0.2, -0.15) is 0 Å². The Kier molecular flexibility index (Phi) is 6.75. The summed E-state index contributed by atoms with van der Waals surface area (Å²) >= 11 is 0. The standard InChI is InChI=1S/C19H23FN2O2/c1-15-7-3-4-10-18(15)24-12-6-11-22(2)14-19(23)21-17-9-5-8-16(20)13-17/h3-5,7-10,13H,6,11-12,14H2,1-2H3,(H,21,23). The Morgan fingerprint density at radius 1 is 1.21 bits per heavy atom. The number of amides is 1. The van der Waals surface area contributed by atoms with Gasteiger partial charge in [0.05, 0.1) is 13.2 Å². The summed E-state index contributed by atoms with van der Waals surface area (Å²) in [5.74, 6) is 0.362. The fraction of sp³-hybridized carbons (Fsp3) is 0.316. The number of hydrogen-bond donors (Lipinski definition) is 1. The number of rotatable bonds is 8. The molecule has 4 nitrogen and oxygen atoms in total. The topological polar surface area (TPSA) is 41.6 Å². The third-order valence-corrected chi connectivity index (χ3v) is 3.56. The maximum atomic E-state index is 13.1. The van der Waals surface area contributed by atoms with Crippen LogP contribution in [0, 0.1) is 12.7 Å². The fourth-order valence-electron chi connectivity index (χ4n) is 2.33. The highest BCUT2D eigenvalue weighted by atomic mass is 19.1. The van der Waals surface area contributed by atoms with Crippen molar-refractivity contribution in [3.05, 3.63) is 59.9 Å². The van der Waals surface area contributed by atoms with Crippen LogP contribution < -0.4 is 10.1 Å². The van der Waals surface area contributed by atoms with Crippen molar-refractivity contribution >= 4 is 11.6 Å². The van der Waals surface area contributed by atoms with Crippen LogP contribution in [0.3, 0.4) is 0 Å². The summed E-state index contributed by atoms with van der Waals surface area (Å²) in [5, 5.41) is 2.69. The normalized spacial score (nSPS) is 10.7. The summed E-state index contributed by atoms with van der Waals surface area (Å²) in [6.07, 6.45) is 0.818. The Hall–Kier alpha value is -2.40. The van der Waals surface area contributed by atoms with Gasteiger partial charge in [-0.15, -0.1) is 0 Å². The Bertz CT molecular complexity index is 676. The first-order chi connectivity index (χ1) is 11.5. The van der Waals surface area contributed by atoms with Gasteiger partial charge in [-0.05, 0) is 50.2 Å². The van der Waals surface area contributed by atoms with Crippen LogP contribution in [0.15, 0.2) is 48.5 Å². The molecule has 24 heavy (non-hydrogen) atoms. The number of carbonyl (C=O) groups excluding carboxylic acids is 1. The van der Waals surface area contributed by atoms with E-state index in [2.05, 4.69) is 5.32 Å². The van der Waals surface area contributed by atoms with Crippen LogP contribution in [0.1, 0.15) is 12.0 Å². The minimum absolute atomic E-state index is 0.164. The maximum Gasteiger partial charge on any atom is 0.238 e. The summed E-state index contributed by atoms with van der Waals surface area (Å²) in [5.41, 5.74) is 1.58. The van der Waals surface area contributed by atoms with Crippen molar-refractivity contribution in [1.82, 2.24) is 4.90 Å². The first kappa shape index (κ1) is 17.9. The van der Waals surface area contributed by atoms with Crippen LogP contribution in [-0.4, -0.2) is 37.6 Å². The van der Waals surface area contributed by atoms with E-state index >= 15 is 0 Å². The monoisotopic (exact) mass is 330 g/mol. The number of ether oxygens (including phenoxy) is 1. The molecule has 5 heteroatoms. The average molecular weight is 330 g/mol. The molecule has 0 aliphatic heterocycles. The van der Waals surface area contributed by atoms with Gasteiger partial charge in [0.1, 0.15) is 11.6 Å². The molecule has 0 radical (unpaired) electrons. The second kappa shape index (κ2) is 9.03. The highest BCUT2D eigenvalue weighted by Gasteiger charge is 2.07. The lowest BCUT2D eigenvalue weighted by molar-refractivity contribution is -0.117. The van der Waals surface area contributed by atoms with Gasteiger partial charge in [0.2, 0.25) is 5.91 Å². The molecule has 0 heterocycles. The number of halogens is 1. The van der Waals surface area contributed by atoms with Crippen molar-refractivity contribution in [1.29, 1.82) is 0 Å². The van der Waals surface area contributed by atoms with Gasteiger partial charge < -0.3 is 10.1 Å². The van der Waals surface area contributed by atoms with E-state index in [-0.39, 0.29) is 18.3 Å². The quantitative estimate of drug-likeness (QED) is 0.754. The minimum Gasteiger partial charge on any atom is -0.493 e. The van der Waals surface area contributed by atoms with Crippen molar-refractivity contribution < 1.29 is 13.9 Å². The van der Waals surface area contributed by atoms with Crippen LogP contribution >= 0.6 is 0 Å². The van der Waals surface area contributed by atoms with Crippen molar-refractivity contribution in [3.63, 3.8) is 0 Å². The van der Waals surface area contributed by atoms with Gasteiger partial charge >= 0.3 is 0 Å². The Morgan fingerprint density at radius 3 is 2.75 bits per heavy atom. The second-order valence-corrected chi connectivity index (χ2v) is 5.76. The van der Waals surface area contributed by atoms with E-state index < -0.39 is 0 Å². The zero-order valence-electron chi connectivity index (χ0n) is 14.1. The molecule has 0 atom stereocenters. The zero-order chi connectivity index (χ0) is 17.4. The maximum absolute atomic E-state index is 13.1. The number of nitrogens with one attached hydrogen (secondary N) is 1. The molecule has 0 saturated carbocycles. The summed E-state index contributed by atoms with van der Waals surface area (Å²) in [6.45, 7) is 3.60. The highest BCUT2D eigenvalue weighted by Crippen LogP contribution is 2.16. The average Bonchev–Trinajstić information content (AvgIpc) is 2.53. The molecule has 0 bridgehead atoms. The first-order valence-electron chi connectivity index (χ1n) is 7.97. The molecule has 128 valence electrons. The number of benzene rings is 2. The molecular weight excluding hydrogens is 307 g/mol. The van der Waals surface area contributed by atoms with Crippen LogP contribution in [0.2, 0.25) is 0 Å². The van der Waals surface area contributed by atoms with E-state index in [0.717, 1.165) is 24.3 Å². The van der Waals surface area contributed by atoms with Gasteiger partial charge in [0, 0.05) is 12.2 Å². The summed E-state index contributed by atoms with van der Waals surface area (Å²) in [6, 6.07) is 13.8. The zero-order valence-corrected chi connectivity index (χ0v) is 14.1. The van der Waals surface area contributed by atoms with E-state index in [4.69, 9.17) is 4.74 Å². The highest BCUT2D eigenvalue weighted by molar-refractivity contribution is 5.92. The molecule has 0 fully saturated rings. The van der Waals surface area contributed by atoms with Gasteiger partial charge in [0.15, 0.2) is 0 Å². The van der Waals surface area contributed by atoms with E-state index in [1.807, 2.05) is 43.1 Å². The van der Waals surface area contributed by atoms with Crippen molar-refractivity contribution in [2.24, 2.45) is 0 Å². The predicted molar refractivity (Wildman–Crippen MR) is 93.8 cm³/mol. The number of nitrogens with zero attached hydrogens (tertiary/aromatic N) is 1. The third kappa shape index (κ3) is 6.01. The van der Waals surface area contributed by atoms with Crippen molar-refractivity contribution in [3.8, 4) is 5.75 Å². The molecule has 1 N–H and O–H groups in total. The number of hydrogen-bond acceptors (Lipinski definition) is 3. The molecule has 1 amide bonds. The van der Waals surface area contributed by atoms with Crippen molar-refractivity contribution in [2.75, 3.05) is 32.1 Å². The minimum atomic E-state index is -0.366. The van der Waals surface area contributed by atoms with E-state index in [1.165, 1.54) is 12.1 Å². The molecule has 0 unspecified atom stereocenters. The van der Waals surface area contributed by atoms with E-state index in [1.54, 1.807) is 12.1 Å². The third-order valence-electron chi connectivity index (χ3n) is 3.56. The number of para-hydroxylation sites is 1. The Morgan fingerprint density at radius 2 is 2.00 bits per heavy atom. The molecule has 0 aromatic heterocycles. The molecule has 0 aliphatic rings. The predicted octanol–water partition coefficient (Wildman–Crippen LogP) is 3.47. The van der Waals surface area contributed by atoms with E-state index in [0.29, 0.717) is 12.3 Å². The Labute approximate surface area is 142 Å². The van der Waals surface area contributed by atoms with Crippen LogP contribution in [-0.2, 0) is 4.79 Å². The van der Waals surface area contributed by atoms with Gasteiger partial charge in [-0.3, -0.25) is 9.69 Å². The summed E-state index contributed by atoms with van der Waals surface area (Å²) in [4.78, 5) is 13.8. The number of carbonyl (C=O) groups is 1. The summed E-state index contributed by atoms with van der Waals surface area (Å²) < 4.78 is 18.8. The van der Waals surface area contributed by atoms with Crippen molar-refractivity contribution in [2.45, 2.75) is 13.3 Å². The number of likely N-dealkylation sites (N-methyl/N-ethyl adjacent to an activating group) is 1. The lowest BCUT2D eigenvalue weighted by Crippen LogP contribution is -2.31. The molecule has 0 aliphatic carbocycles. The Balaban J connectivity index is 1.66. The molecule has 2 rings (SSSR count). The smallest absolute Gasteiger partial charge is 0.238 e. The molecular formula is C19H23FN2O2.